The molecule has 1 spiro atoms. The van der Waals surface area contributed by atoms with Crippen LogP contribution in [0.2, 0.25) is 0 Å². The normalized spacial score (nSPS) is 18.3. The lowest BCUT2D eigenvalue weighted by Crippen LogP contribution is -2.65. The van der Waals surface area contributed by atoms with Crippen molar-refractivity contribution in [2.75, 3.05) is 37.7 Å². The number of pyridine rings is 1. The largest absolute Gasteiger partial charge is 0.490 e. The Balaban J connectivity index is 0.00000196. The molecule has 2 N–H and O–H groups in total. The van der Waals surface area contributed by atoms with Gasteiger partial charge >= 0.3 is 0 Å². The Morgan fingerprint density at radius 2 is 1.96 bits per heavy atom. The Labute approximate surface area is 265 Å². The van der Waals surface area contributed by atoms with E-state index in [9.17, 15) is 14.3 Å². The fourth-order valence-corrected chi connectivity index (χ4v) is 6.75. The van der Waals surface area contributed by atoms with Crippen LogP contribution in [0.15, 0.2) is 43.0 Å². The lowest BCUT2D eigenvalue weighted by atomic mass is 9.61. The van der Waals surface area contributed by atoms with E-state index in [1.54, 1.807) is 11.1 Å². The molecular weight excluding hydrogens is 575 g/mol. The predicted octanol–water partition coefficient (Wildman–Crippen LogP) is 5.32. The molecule has 6 rings (SSSR count). The van der Waals surface area contributed by atoms with Crippen LogP contribution in [-0.2, 0) is 6.42 Å². The van der Waals surface area contributed by atoms with Gasteiger partial charge < -0.3 is 29.7 Å². The second-order valence-corrected chi connectivity index (χ2v) is 12.1. The third-order valence-corrected chi connectivity index (χ3v) is 8.79. The number of nitrogens with zero attached hydrogens (tertiary/aromatic N) is 5. The second kappa shape index (κ2) is 14.1. The summed E-state index contributed by atoms with van der Waals surface area (Å²) < 4.78 is 26.9. The van der Waals surface area contributed by atoms with Crippen LogP contribution in [0.1, 0.15) is 81.5 Å². The lowest BCUT2D eigenvalue weighted by molar-refractivity contribution is -0.0352. The van der Waals surface area contributed by atoms with Gasteiger partial charge in [-0.3, -0.25) is 9.78 Å². The van der Waals surface area contributed by atoms with Crippen molar-refractivity contribution in [2.45, 2.75) is 78.5 Å². The molecule has 1 aromatic carbocycles. The molecule has 1 saturated carbocycles. The summed E-state index contributed by atoms with van der Waals surface area (Å²) in [6.07, 6.45) is 8.33. The predicted molar refractivity (Wildman–Crippen MR) is 170 cm³/mol. The zero-order valence-corrected chi connectivity index (χ0v) is 26.9. The summed E-state index contributed by atoms with van der Waals surface area (Å²) in [4.78, 5) is 30.4. The number of benzene rings is 1. The van der Waals surface area contributed by atoms with E-state index in [2.05, 4.69) is 25.2 Å². The topological polar surface area (TPSA) is 113 Å². The molecule has 2 aliphatic heterocycles. The average molecular weight is 621 g/mol. The van der Waals surface area contributed by atoms with E-state index in [-0.39, 0.29) is 47.4 Å². The first-order chi connectivity index (χ1) is 21.8. The highest BCUT2D eigenvalue weighted by Crippen LogP contribution is 2.52. The summed E-state index contributed by atoms with van der Waals surface area (Å²) in [6.45, 7) is 12.8. The van der Waals surface area contributed by atoms with Crippen molar-refractivity contribution in [1.29, 1.82) is 0 Å². The van der Waals surface area contributed by atoms with Crippen LogP contribution in [0.5, 0.6) is 17.2 Å². The van der Waals surface area contributed by atoms with Crippen LogP contribution >= 0.6 is 0 Å². The van der Waals surface area contributed by atoms with Gasteiger partial charge in [0.2, 0.25) is 0 Å². The number of aliphatic hydroxyl groups excluding tert-OH is 1. The summed E-state index contributed by atoms with van der Waals surface area (Å²) in [7, 11) is 0. The first-order valence-corrected chi connectivity index (χ1v) is 16.1. The summed E-state index contributed by atoms with van der Waals surface area (Å²) in [5, 5.41) is 13.0. The fraction of sp³-hybridized carbons (Fsp3) is 0.529. The van der Waals surface area contributed by atoms with Gasteiger partial charge in [-0.2, -0.15) is 0 Å². The third-order valence-electron chi connectivity index (χ3n) is 8.79. The number of halogens is 1. The molecule has 11 heteroatoms. The number of carbonyl (C=O) groups is 1. The number of hydrogen-bond donors (Lipinski definition) is 2. The smallest absolute Gasteiger partial charge is 0.257 e. The second-order valence-electron chi connectivity index (χ2n) is 12.1. The first kappa shape index (κ1) is 32.6. The van der Waals surface area contributed by atoms with Crippen molar-refractivity contribution in [3.8, 4) is 17.2 Å². The zero-order valence-electron chi connectivity index (χ0n) is 26.9. The fourth-order valence-electron chi connectivity index (χ4n) is 6.75. The Hall–Kier alpha value is -3.83. The molecule has 4 heterocycles. The van der Waals surface area contributed by atoms with Crippen molar-refractivity contribution in [1.82, 2.24) is 25.2 Å². The van der Waals surface area contributed by atoms with Gasteiger partial charge in [-0.15, -0.1) is 0 Å². The number of rotatable bonds is 10. The number of aliphatic hydroxyl groups is 1. The number of aromatic nitrogens is 3. The van der Waals surface area contributed by atoms with Crippen molar-refractivity contribution >= 4 is 11.7 Å². The Kier molecular flexibility index (Phi) is 10.2. The van der Waals surface area contributed by atoms with Gasteiger partial charge in [0.05, 0.1) is 17.5 Å². The number of nitrogens with one attached hydrogen (secondary N) is 1. The standard InChI is InChI=1S/C32H39FN6O4.C2H6/c1-4-39(20(2)3)31(41)23-13-21(33)5-6-26(23)43-28-16-34-19-37-30(28)38-17-32(18-38)14-22(15-32)42-27-8-11-36-24-7-10-35-25(9-12-40)29(24)27;1-2/h5-6,8,11,13,16,19-20,22,25,35,40H,4,7,9-10,12,14-15,17-18H2,1-3H3;1-2H3. The Morgan fingerprint density at radius 1 is 1.18 bits per heavy atom. The Morgan fingerprint density at radius 3 is 2.67 bits per heavy atom. The minimum absolute atomic E-state index is 0.0422. The highest BCUT2D eigenvalue weighted by molar-refractivity contribution is 5.97. The quantitative estimate of drug-likeness (QED) is 0.311. The van der Waals surface area contributed by atoms with E-state index in [0.717, 1.165) is 55.9 Å². The molecule has 3 aromatic rings. The van der Waals surface area contributed by atoms with Gasteiger partial charge in [-0.25, -0.2) is 14.4 Å². The number of carbonyl (C=O) groups excluding carboxylic acids is 1. The molecule has 2 aromatic heterocycles. The van der Waals surface area contributed by atoms with E-state index in [1.807, 2.05) is 46.9 Å². The summed E-state index contributed by atoms with van der Waals surface area (Å²) in [5.74, 6) is 1.40. The number of amides is 1. The van der Waals surface area contributed by atoms with E-state index >= 15 is 0 Å². The zero-order chi connectivity index (χ0) is 32.1. The highest BCUT2D eigenvalue weighted by Gasteiger charge is 2.54. The molecule has 1 atom stereocenters. The van der Waals surface area contributed by atoms with Gasteiger partial charge in [-0.1, -0.05) is 13.8 Å². The molecule has 1 amide bonds. The summed E-state index contributed by atoms with van der Waals surface area (Å²) in [6, 6.07) is 5.94. The van der Waals surface area contributed by atoms with Crippen molar-refractivity contribution in [2.24, 2.45) is 5.41 Å². The van der Waals surface area contributed by atoms with Gasteiger partial charge in [0, 0.05) is 68.5 Å². The minimum Gasteiger partial charge on any atom is -0.490 e. The number of anilines is 1. The molecule has 10 nitrogen and oxygen atoms in total. The van der Waals surface area contributed by atoms with E-state index in [1.165, 1.54) is 24.5 Å². The van der Waals surface area contributed by atoms with Crippen molar-refractivity contribution < 1.29 is 23.8 Å². The first-order valence-electron chi connectivity index (χ1n) is 16.1. The van der Waals surface area contributed by atoms with Gasteiger partial charge in [0.15, 0.2) is 11.6 Å². The maximum Gasteiger partial charge on any atom is 0.257 e. The van der Waals surface area contributed by atoms with Crippen LogP contribution in [-0.4, -0.2) is 75.8 Å². The van der Waals surface area contributed by atoms with Crippen LogP contribution in [0.25, 0.3) is 0 Å². The SMILES string of the molecule is CC.CCN(C(=O)c1cc(F)ccc1Oc1cncnc1N1CC2(CC(Oc3ccnc4c3C(CCO)NCC4)C2)C1)C(C)C. The molecule has 45 heavy (non-hydrogen) atoms. The molecule has 0 bridgehead atoms. The number of fused-ring (bicyclic) bond motifs is 1. The van der Waals surface area contributed by atoms with Gasteiger partial charge in [0.25, 0.3) is 5.91 Å². The third kappa shape index (κ3) is 6.74. The maximum atomic E-state index is 14.2. The summed E-state index contributed by atoms with van der Waals surface area (Å²) >= 11 is 0. The van der Waals surface area contributed by atoms with Crippen LogP contribution in [0, 0.1) is 11.2 Å². The van der Waals surface area contributed by atoms with E-state index in [4.69, 9.17) is 9.47 Å². The minimum atomic E-state index is -0.501. The number of ether oxygens (including phenoxy) is 2. The van der Waals surface area contributed by atoms with Crippen molar-refractivity contribution in [3.63, 3.8) is 0 Å². The monoisotopic (exact) mass is 620 g/mol. The average Bonchev–Trinajstić information content (AvgIpc) is 3.00. The number of hydrogen-bond acceptors (Lipinski definition) is 9. The molecule has 2 fully saturated rings. The molecule has 0 radical (unpaired) electrons. The van der Waals surface area contributed by atoms with Crippen molar-refractivity contribution in [3.05, 3.63) is 65.6 Å². The maximum absolute atomic E-state index is 14.2. The Bertz CT molecular complexity index is 1470. The van der Waals surface area contributed by atoms with E-state index < -0.39 is 5.82 Å². The van der Waals surface area contributed by atoms with Gasteiger partial charge in [-0.05, 0) is 64.3 Å². The molecule has 1 unspecified atom stereocenters. The van der Waals surface area contributed by atoms with Crippen LogP contribution < -0.4 is 19.7 Å². The molecule has 1 aliphatic carbocycles. The molecular formula is C34H45FN6O4. The highest BCUT2D eigenvalue weighted by atomic mass is 19.1. The van der Waals surface area contributed by atoms with E-state index in [0.29, 0.717) is 24.5 Å². The summed E-state index contributed by atoms with van der Waals surface area (Å²) in [5.41, 5.74) is 2.43. The van der Waals surface area contributed by atoms with Crippen LogP contribution in [0.3, 0.4) is 0 Å². The van der Waals surface area contributed by atoms with Gasteiger partial charge in [0.1, 0.15) is 29.7 Å². The van der Waals surface area contributed by atoms with Crippen LogP contribution in [0.4, 0.5) is 10.2 Å². The molecule has 3 aliphatic rings. The lowest BCUT2D eigenvalue weighted by Gasteiger charge is -2.59. The molecule has 1 saturated heterocycles. The molecule has 242 valence electrons.